The highest BCUT2D eigenvalue weighted by Crippen LogP contribution is 2.26. The Balaban J connectivity index is 1.34. The lowest BCUT2D eigenvalue weighted by molar-refractivity contribution is 0.0326. The third-order valence-corrected chi connectivity index (χ3v) is 5.81. The highest BCUT2D eigenvalue weighted by molar-refractivity contribution is 5.48. The molecule has 0 unspecified atom stereocenters. The zero-order valence-corrected chi connectivity index (χ0v) is 16.8. The van der Waals surface area contributed by atoms with Gasteiger partial charge in [-0.3, -0.25) is 9.80 Å². The summed E-state index contributed by atoms with van der Waals surface area (Å²) in [6, 6.07) is 10.5. The number of likely N-dealkylation sites (tertiary alicyclic amines) is 1. The average molecular weight is 382 g/mol. The first-order valence-electron chi connectivity index (χ1n) is 10.4. The maximum absolute atomic E-state index is 5.44. The van der Waals surface area contributed by atoms with Crippen molar-refractivity contribution in [2.45, 2.75) is 25.3 Å². The van der Waals surface area contributed by atoms with Crippen molar-refractivity contribution in [3.63, 3.8) is 0 Å². The van der Waals surface area contributed by atoms with Crippen LogP contribution < -0.4 is 0 Å². The number of hydrogen-bond acceptors (Lipinski definition) is 5. The molecule has 0 radical (unpaired) electrons. The number of piperidine rings is 1. The molecule has 0 amide bonds. The van der Waals surface area contributed by atoms with Crippen molar-refractivity contribution in [2.75, 3.05) is 45.9 Å². The Morgan fingerprint density at radius 1 is 1.07 bits per heavy atom. The van der Waals surface area contributed by atoms with E-state index in [1.165, 1.54) is 18.4 Å². The second-order valence-electron chi connectivity index (χ2n) is 7.83. The summed E-state index contributed by atoms with van der Waals surface area (Å²) in [4.78, 5) is 4.93. The van der Waals surface area contributed by atoms with Gasteiger partial charge in [0.1, 0.15) is 11.6 Å². The normalized spacial score (nSPS) is 22.1. The maximum atomic E-state index is 5.44. The first-order chi connectivity index (χ1) is 13.8. The molecule has 2 fully saturated rings. The van der Waals surface area contributed by atoms with Gasteiger partial charge < -0.3 is 9.30 Å². The number of benzene rings is 1. The second-order valence-corrected chi connectivity index (χ2v) is 7.83. The standard InChI is InChI=1S/C22H31N5O/c1-25-21(18-27-13-15-28-16-14-27)23-24-22(25)20-10-6-12-26(17-20)11-5-9-19-7-3-2-4-8-19/h2-5,7-9,20H,6,10-18H2,1H3/b9-5+/t20-/m0/s1. The van der Waals surface area contributed by atoms with Crippen molar-refractivity contribution < 1.29 is 4.74 Å². The van der Waals surface area contributed by atoms with E-state index in [9.17, 15) is 0 Å². The van der Waals surface area contributed by atoms with Crippen molar-refractivity contribution in [2.24, 2.45) is 7.05 Å². The van der Waals surface area contributed by atoms with Crippen LogP contribution in [0.25, 0.3) is 6.08 Å². The van der Waals surface area contributed by atoms with Gasteiger partial charge in [-0.1, -0.05) is 42.5 Å². The lowest BCUT2D eigenvalue weighted by Crippen LogP contribution is -2.37. The van der Waals surface area contributed by atoms with Crippen molar-refractivity contribution >= 4 is 6.08 Å². The van der Waals surface area contributed by atoms with Crippen molar-refractivity contribution in [1.29, 1.82) is 0 Å². The third kappa shape index (κ3) is 4.87. The summed E-state index contributed by atoms with van der Waals surface area (Å²) in [6.45, 7) is 7.67. The molecular formula is C22H31N5O. The molecule has 1 atom stereocenters. The molecule has 0 N–H and O–H groups in total. The molecule has 150 valence electrons. The molecule has 6 heteroatoms. The minimum Gasteiger partial charge on any atom is -0.379 e. The lowest BCUT2D eigenvalue weighted by Gasteiger charge is -2.31. The molecule has 28 heavy (non-hydrogen) atoms. The van der Waals surface area contributed by atoms with Gasteiger partial charge in [0.2, 0.25) is 0 Å². The van der Waals surface area contributed by atoms with E-state index < -0.39 is 0 Å². The van der Waals surface area contributed by atoms with E-state index >= 15 is 0 Å². The minimum absolute atomic E-state index is 0.467. The van der Waals surface area contributed by atoms with E-state index in [4.69, 9.17) is 4.74 Å². The monoisotopic (exact) mass is 381 g/mol. The summed E-state index contributed by atoms with van der Waals surface area (Å²) in [5, 5.41) is 9.09. The molecule has 2 saturated heterocycles. The fraction of sp³-hybridized carbons (Fsp3) is 0.545. The molecule has 3 heterocycles. The molecule has 1 aromatic carbocycles. The minimum atomic E-state index is 0.467. The van der Waals surface area contributed by atoms with E-state index in [1.54, 1.807) is 0 Å². The molecule has 0 saturated carbocycles. The van der Waals surface area contributed by atoms with Crippen LogP contribution in [0.5, 0.6) is 0 Å². The molecule has 2 aromatic rings. The van der Waals surface area contributed by atoms with Gasteiger partial charge in [-0.05, 0) is 24.9 Å². The highest BCUT2D eigenvalue weighted by Gasteiger charge is 2.26. The number of rotatable bonds is 6. The van der Waals surface area contributed by atoms with Crippen LogP contribution in [-0.2, 0) is 18.3 Å². The van der Waals surface area contributed by atoms with Gasteiger partial charge in [-0.25, -0.2) is 0 Å². The van der Waals surface area contributed by atoms with E-state index in [-0.39, 0.29) is 0 Å². The van der Waals surface area contributed by atoms with Gasteiger partial charge in [-0.15, -0.1) is 10.2 Å². The van der Waals surface area contributed by atoms with Crippen LogP contribution in [0.2, 0.25) is 0 Å². The van der Waals surface area contributed by atoms with Crippen LogP contribution in [0.3, 0.4) is 0 Å². The fourth-order valence-electron chi connectivity index (χ4n) is 4.16. The SMILES string of the molecule is Cn1c(CN2CCOCC2)nnc1[C@H]1CCCN(C/C=C/c2ccccc2)C1. The Hall–Kier alpha value is -2.02. The van der Waals surface area contributed by atoms with Gasteiger partial charge in [0.15, 0.2) is 0 Å². The Bertz CT molecular complexity index is 766. The zero-order chi connectivity index (χ0) is 19.2. The molecule has 0 spiro atoms. The highest BCUT2D eigenvalue weighted by atomic mass is 16.5. The van der Waals surface area contributed by atoms with Crippen LogP contribution in [0.4, 0.5) is 0 Å². The molecular weight excluding hydrogens is 350 g/mol. The lowest BCUT2D eigenvalue weighted by atomic mass is 9.97. The average Bonchev–Trinajstić information content (AvgIpc) is 3.10. The first kappa shape index (κ1) is 19.3. The molecule has 1 aromatic heterocycles. The van der Waals surface area contributed by atoms with E-state index in [0.717, 1.165) is 64.1 Å². The molecule has 2 aliphatic rings. The third-order valence-electron chi connectivity index (χ3n) is 5.81. The molecule has 2 aliphatic heterocycles. The Morgan fingerprint density at radius 2 is 1.89 bits per heavy atom. The van der Waals surface area contributed by atoms with Crippen LogP contribution >= 0.6 is 0 Å². The first-order valence-corrected chi connectivity index (χ1v) is 10.4. The quantitative estimate of drug-likeness (QED) is 0.770. The Kier molecular flexibility index (Phi) is 6.52. The van der Waals surface area contributed by atoms with Crippen LogP contribution in [-0.4, -0.2) is 70.5 Å². The molecule has 0 aliphatic carbocycles. The summed E-state index contributed by atoms with van der Waals surface area (Å²) < 4.78 is 7.67. The summed E-state index contributed by atoms with van der Waals surface area (Å²) in [6.07, 6.45) is 6.91. The smallest absolute Gasteiger partial charge is 0.146 e. The molecule has 0 bridgehead atoms. The Morgan fingerprint density at radius 3 is 2.71 bits per heavy atom. The summed E-state index contributed by atoms with van der Waals surface area (Å²) >= 11 is 0. The van der Waals surface area contributed by atoms with Crippen molar-refractivity contribution in [1.82, 2.24) is 24.6 Å². The van der Waals surface area contributed by atoms with Crippen LogP contribution in [0, 0.1) is 0 Å². The largest absolute Gasteiger partial charge is 0.379 e. The predicted molar refractivity (Wildman–Crippen MR) is 111 cm³/mol. The number of morpholine rings is 1. The topological polar surface area (TPSA) is 46.4 Å². The van der Waals surface area contributed by atoms with Crippen LogP contribution in [0.15, 0.2) is 36.4 Å². The number of nitrogens with zero attached hydrogens (tertiary/aromatic N) is 5. The van der Waals surface area contributed by atoms with Gasteiger partial charge in [0.05, 0.1) is 19.8 Å². The predicted octanol–water partition coefficient (Wildman–Crippen LogP) is 2.54. The second kappa shape index (κ2) is 9.45. The summed E-state index contributed by atoms with van der Waals surface area (Å²) in [5.41, 5.74) is 1.26. The molecule has 6 nitrogen and oxygen atoms in total. The summed E-state index contributed by atoms with van der Waals surface area (Å²) in [7, 11) is 2.12. The van der Waals surface area contributed by atoms with Gasteiger partial charge >= 0.3 is 0 Å². The van der Waals surface area contributed by atoms with Gasteiger partial charge in [0, 0.05) is 39.1 Å². The van der Waals surface area contributed by atoms with E-state index in [2.05, 4.69) is 74.1 Å². The van der Waals surface area contributed by atoms with Crippen molar-refractivity contribution in [3.05, 3.63) is 53.6 Å². The molecule has 4 rings (SSSR count). The maximum Gasteiger partial charge on any atom is 0.146 e. The Labute approximate surface area is 167 Å². The summed E-state index contributed by atoms with van der Waals surface area (Å²) in [5.74, 6) is 2.67. The zero-order valence-electron chi connectivity index (χ0n) is 16.8. The fourth-order valence-corrected chi connectivity index (χ4v) is 4.16. The van der Waals surface area contributed by atoms with Gasteiger partial charge in [-0.2, -0.15) is 0 Å². The van der Waals surface area contributed by atoms with Crippen molar-refractivity contribution in [3.8, 4) is 0 Å². The van der Waals surface area contributed by atoms with E-state index in [1.807, 2.05) is 0 Å². The van der Waals surface area contributed by atoms with E-state index in [0.29, 0.717) is 5.92 Å². The number of hydrogen-bond donors (Lipinski definition) is 0. The number of aromatic nitrogens is 3. The van der Waals surface area contributed by atoms with Crippen LogP contribution in [0.1, 0.15) is 36.0 Å². The van der Waals surface area contributed by atoms with Gasteiger partial charge in [0.25, 0.3) is 0 Å². The number of ether oxygens (including phenoxy) is 1.